The summed E-state index contributed by atoms with van der Waals surface area (Å²) in [5, 5.41) is 2.50. The maximum absolute atomic E-state index is 13.7. The lowest BCUT2D eigenvalue weighted by molar-refractivity contribution is -0.111. The first-order valence-electron chi connectivity index (χ1n) is 7.00. The van der Waals surface area contributed by atoms with Crippen LogP contribution in [0.15, 0.2) is 42.5 Å². The second-order valence-electron chi connectivity index (χ2n) is 4.91. The molecule has 0 saturated heterocycles. The summed E-state index contributed by atoms with van der Waals surface area (Å²) in [4.78, 5) is 11.9. The molecular formula is C18H18FNO3. The number of ether oxygens (including phenoxy) is 2. The molecule has 2 aromatic rings. The average Bonchev–Trinajstić information content (AvgIpc) is 2.55. The molecule has 0 bridgehead atoms. The van der Waals surface area contributed by atoms with Crippen molar-refractivity contribution in [1.29, 1.82) is 0 Å². The van der Waals surface area contributed by atoms with Crippen LogP contribution in [0.3, 0.4) is 0 Å². The minimum absolute atomic E-state index is 0.145. The smallest absolute Gasteiger partial charge is 0.248 e. The molecule has 5 heteroatoms. The standard InChI is InChI=1S/C18H18FNO3/c1-12-4-8-16(15(19)10-12)20-18(21)9-6-13-5-7-14(22-2)11-17(13)23-3/h4-11H,1-3H3,(H,20,21)/b9-6+. The van der Waals surface area contributed by atoms with Crippen molar-refractivity contribution in [3.8, 4) is 11.5 Å². The first-order valence-corrected chi connectivity index (χ1v) is 7.00. The Kier molecular flexibility index (Phi) is 5.36. The van der Waals surface area contributed by atoms with Crippen LogP contribution in [0.2, 0.25) is 0 Å². The second-order valence-corrected chi connectivity index (χ2v) is 4.91. The third-order valence-corrected chi connectivity index (χ3v) is 3.24. The van der Waals surface area contributed by atoms with E-state index in [1.165, 1.54) is 25.3 Å². The molecule has 23 heavy (non-hydrogen) atoms. The fourth-order valence-electron chi connectivity index (χ4n) is 2.02. The lowest BCUT2D eigenvalue weighted by Crippen LogP contribution is -2.09. The molecule has 0 unspecified atom stereocenters. The SMILES string of the molecule is COc1ccc(/C=C/C(=O)Nc2ccc(C)cc2F)c(OC)c1. The Morgan fingerprint density at radius 1 is 1.13 bits per heavy atom. The van der Waals surface area contributed by atoms with Crippen LogP contribution in [0.4, 0.5) is 10.1 Å². The van der Waals surface area contributed by atoms with Crippen LogP contribution in [0, 0.1) is 12.7 Å². The topological polar surface area (TPSA) is 47.6 Å². The van der Waals surface area contributed by atoms with Gasteiger partial charge >= 0.3 is 0 Å². The molecule has 0 atom stereocenters. The van der Waals surface area contributed by atoms with Gasteiger partial charge in [-0.25, -0.2) is 4.39 Å². The number of nitrogens with one attached hydrogen (secondary N) is 1. The molecule has 4 nitrogen and oxygen atoms in total. The fraction of sp³-hybridized carbons (Fsp3) is 0.167. The van der Waals surface area contributed by atoms with Crippen molar-refractivity contribution in [3.05, 3.63) is 59.4 Å². The number of hydrogen-bond donors (Lipinski definition) is 1. The van der Waals surface area contributed by atoms with Gasteiger partial charge in [0.15, 0.2) is 0 Å². The highest BCUT2D eigenvalue weighted by Gasteiger charge is 2.06. The summed E-state index contributed by atoms with van der Waals surface area (Å²) in [5.74, 6) is 0.347. The molecule has 1 amide bonds. The zero-order valence-electron chi connectivity index (χ0n) is 13.2. The minimum Gasteiger partial charge on any atom is -0.497 e. The van der Waals surface area contributed by atoms with Gasteiger partial charge in [-0.2, -0.15) is 0 Å². The summed E-state index contributed by atoms with van der Waals surface area (Å²) in [6.45, 7) is 1.78. The van der Waals surface area contributed by atoms with Gasteiger partial charge in [-0.3, -0.25) is 4.79 Å². The van der Waals surface area contributed by atoms with Gasteiger partial charge in [0.25, 0.3) is 0 Å². The lowest BCUT2D eigenvalue weighted by atomic mass is 10.1. The first-order chi connectivity index (χ1) is 11.0. The van der Waals surface area contributed by atoms with Gasteiger partial charge in [0.05, 0.1) is 19.9 Å². The summed E-state index contributed by atoms with van der Waals surface area (Å²) in [6.07, 6.45) is 2.92. The van der Waals surface area contributed by atoms with Crippen LogP contribution >= 0.6 is 0 Å². The van der Waals surface area contributed by atoms with Gasteiger partial charge in [-0.15, -0.1) is 0 Å². The van der Waals surface area contributed by atoms with E-state index in [0.29, 0.717) is 17.1 Å². The number of rotatable bonds is 5. The molecule has 0 saturated carbocycles. The van der Waals surface area contributed by atoms with E-state index < -0.39 is 11.7 Å². The van der Waals surface area contributed by atoms with E-state index in [2.05, 4.69) is 5.32 Å². The molecule has 0 heterocycles. The third kappa shape index (κ3) is 4.32. The van der Waals surface area contributed by atoms with Gasteiger partial charge in [0, 0.05) is 17.7 Å². The molecule has 0 aromatic heterocycles. The van der Waals surface area contributed by atoms with Crippen LogP contribution in [0.1, 0.15) is 11.1 Å². The van der Waals surface area contributed by atoms with Crippen LogP contribution < -0.4 is 14.8 Å². The average molecular weight is 315 g/mol. The number of hydrogen-bond acceptors (Lipinski definition) is 3. The van der Waals surface area contributed by atoms with Gasteiger partial charge < -0.3 is 14.8 Å². The number of benzene rings is 2. The van der Waals surface area contributed by atoms with Crippen molar-refractivity contribution in [2.75, 3.05) is 19.5 Å². The van der Waals surface area contributed by atoms with Gasteiger partial charge in [0.2, 0.25) is 5.91 Å². The normalized spacial score (nSPS) is 10.6. The van der Waals surface area contributed by atoms with Crippen LogP contribution in [0.25, 0.3) is 6.08 Å². The molecule has 0 aliphatic rings. The predicted molar refractivity (Wildman–Crippen MR) is 88.3 cm³/mol. The Morgan fingerprint density at radius 2 is 1.91 bits per heavy atom. The molecule has 0 spiro atoms. The van der Waals surface area contributed by atoms with Gasteiger partial charge in [-0.1, -0.05) is 6.07 Å². The van der Waals surface area contributed by atoms with Gasteiger partial charge in [-0.05, 0) is 42.8 Å². The lowest BCUT2D eigenvalue weighted by Gasteiger charge is -2.07. The minimum atomic E-state index is -0.464. The number of carbonyl (C=O) groups is 1. The van der Waals surface area contributed by atoms with Crippen molar-refractivity contribution in [2.45, 2.75) is 6.92 Å². The number of aryl methyl sites for hydroxylation is 1. The number of halogens is 1. The summed E-state index contributed by atoms with van der Waals surface area (Å²) >= 11 is 0. The van der Waals surface area contributed by atoms with E-state index in [1.807, 2.05) is 0 Å². The highest BCUT2D eigenvalue weighted by Crippen LogP contribution is 2.25. The van der Waals surface area contributed by atoms with E-state index in [0.717, 1.165) is 5.56 Å². The molecular weight excluding hydrogens is 297 g/mol. The maximum Gasteiger partial charge on any atom is 0.248 e. The summed E-state index contributed by atoms with van der Waals surface area (Å²) in [7, 11) is 3.10. The van der Waals surface area contributed by atoms with E-state index in [9.17, 15) is 9.18 Å². The van der Waals surface area contributed by atoms with E-state index >= 15 is 0 Å². The maximum atomic E-state index is 13.7. The Bertz CT molecular complexity index is 741. The Hall–Kier alpha value is -2.82. The summed E-state index contributed by atoms with van der Waals surface area (Å²) < 4.78 is 24.1. The van der Waals surface area contributed by atoms with Crippen LogP contribution in [0.5, 0.6) is 11.5 Å². The van der Waals surface area contributed by atoms with Crippen LogP contribution in [-0.4, -0.2) is 20.1 Å². The number of carbonyl (C=O) groups excluding carboxylic acids is 1. The molecule has 1 N–H and O–H groups in total. The number of anilines is 1. The third-order valence-electron chi connectivity index (χ3n) is 3.24. The summed E-state index contributed by atoms with van der Waals surface area (Å²) in [6, 6.07) is 9.88. The first kappa shape index (κ1) is 16.5. The Balaban J connectivity index is 2.12. The molecule has 120 valence electrons. The van der Waals surface area contributed by atoms with Crippen LogP contribution in [-0.2, 0) is 4.79 Å². The van der Waals surface area contributed by atoms with Gasteiger partial charge in [0.1, 0.15) is 17.3 Å². The van der Waals surface area contributed by atoms with Crippen molar-refractivity contribution in [2.24, 2.45) is 0 Å². The highest BCUT2D eigenvalue weighted by atomic mass is 19.1. The van der Waals surface area contributed by atoms with Crippen molar-refractivity contribution in [1.82, 2.24) is 0 Å². The Morgan fingerprint density at radius 3 is 2.57 bits per heavy atom. The molecule has 0 fully saturated rings. The molecule has 2 aromatic carbocycles. The summed E-state index contributed by atoms with van der Waals surface area (Å²) in [5.41, 5.74) is 1.65. The zero-order chi connectivity index (χ0) is 16.8. The second kappa shape index (κ2) is 7.45. The largest absolute Gasteiger partial charge is 0.497 e. The van der Waals surface area contributed by atoms with Crippen molar-refractivity contribution >= 4 is 17.7 Å². The highest BCUT2D eigenvalue weighted by molar-refractivity contribution is 6.02. The molecule has 0 aliphatic heterocycles. The monoisotopic (exact) mass is 315 g/mol. The number of methoxy groups -OCH3 is 2. The van der Waals surface area contributed by atoms with Crippen molar-refractivity contribution in [3.63, 3.8) is 0 Å². The fourth-order valence-corrected chi connectivity index (χ4v) is 2.02. The van der Waals surface area contributed by atoms with Crippen molar-refractivity contribution < 1.29 is 18.7 Å². The quantitative estimate of drug-likeness (QED) is 0.854. The predicted octanol–water partition coefficient (Wildman–Crippen LogP) is 3.80. The molecule has 0 radical (unpaired) electrons. The number of amides is 1. The Labute approximate surface area is 134 Å². The van der Waals surface area contributed by atoms with E-state index in [1.54, 1.807) is 44.4 Å². The molecule has 2 rings (SSSR count). The zero-order valence-corrected chi connectivity index (χ0v) is 13.2. The van der Waals surface area contributed by atoms with E-state index in [-0.39, 0.29) is 5.69 Å². The van der Waals surface area contributed by atoms with E-state index in [4.69, 9.17) is 9.47 Å². The molecule has 0 aliphatic carbocycles.